The van der Waals surface area contributed by atoms with E-state index in [4.69, 9.17) is 8.83 Å². The minimum absolute atomic E-state index is 0.0870. The first-order valence-electron chi connectivity index (χ1n) is 6.32. The Labute approximate surface area is 110 Å². The molecule has 3 heterocycles. The van der Waals surface area contributed by atoms with Gasteiger partial charge in [-0.1, -0.05) is 0 Å². The summed E-state index contributed by atoms with van der Waals surface area (Å²) in [5.74, 6) is 0.463. The first kappa shape index (κ1) is 11.9. The molecule has 3 rings (SSSR count). The summed E-state index contributed by atoms with van der Waals surface area (Å²) < 4.78 is 10.9. The van der Waals surface area contributed by atoms with E-state index in [1.54, 1.807) is 12.5 Å². The third-order valence-electron chi connectivity index (χ3n) is 3.61. The van der Waals surface area contributed by atoms with Crippen LogP contribution in [0.4, 0.5) is 5.88 Å². The van der Waals surface area contributed by atoms with E-state index in [0.717, 1.165) is 11.6 Å². The average Bonchev–Trinajstić information content (AvgIpc) is 3.11. The summed E-state index contributed by atoms with van der Waals surface area (Å²) in [5, 5.41) is 9.20. The molecular weight excluding hydrogens is 246 g/mol. The van der Waals surface area contributed by atoms with Crippen LogP contribution in [-0.2, 0) is 4.79 Å². The zero-order chi connectivity index (χ0) is 13.2. The van der Waals surface area contributed by atoms with Gasteiger partial charge in [0.05, 0.1) is 24.5 Å². The molecule has 19 heavy (non-hydrogen) atoms. The summed E-state index contributed by atoms with van der Waals surface area (Å²) in [4.78, 5) is 13.3. The Morgan fingerprint density at radius 1 is 1.26 bits per heavy atom. The van der Waals surface area contributed by atoms with Crippen molar-refractivity contribution in [1.82, 2.24) is 0 Å². The quantitative estimate of drug-likeness (QED) is 0.920. The lowest BCUT2D eigenvalue weighted by Gasteiger charge is -2.36. The average molecular weight is 261 g/mol. The molecule has 0 aromatic carbocycles. The highest BCUT2D eigenvalue weighted by Crippen LogP contribution is 2.37. The van der Waals surface area contributed by atoms with Crippen LogP contribution in [0.15, 0.2) is 45.6 Å². The SMILES string of the molecule is O=C(O)C1CCN(c2ccco2)C(c2ccco2)C1. The monoisotopic (exact) mass is 261 g/mol. The van der Waals surface area contributed by atoms with Crippen LogP contribution in [0.1, 0.15) is 24.6 Å². The van der Waals surface area contributed by atoms with Crippen molar-refractivity contribution in [3.63, 3.8) is 0 Å². The van der Waals surface area contributed by atoms with E-state index >= 15 is 0 Å². The molecule has 2 aromatic rings. The van der Waals surface area contributed by atoms with Gasteiger partial charge in [-0.2, -0.15) is 0 Å². The summed E-state index contributed by atoms with van der Waals surface area (Å²) in [6.45, 7) is 0.649. The number of hydrogen-bond donors (Lipinski definition) is 1. The van der Waals surface area contributed by atoms with Crippen molar-refractivity contribution in [1.29, 1.82) is 0 Å². The van der Waals surface area contributed by atoms with E-state index in [2.05, 4.69) is 4.90 Å². The van der Waals surface area contributed by atoms with Gasteiger partial charge in [0.1, 0.15) is 5.76 Å². The summed E-state index contributed by atoms with van der Waals surface area (Å²) in [6, 6.07) is 7.33. The number of rotatable bonds is 3. The zero-order valence-corrected chi connectivity index (χ0v) is 10.4. The molecule has 2 unspecified atom stereocenters. The van der Waals surface area contributed by atoms with Crippen LogP contribution in [0.3, 0.4) is 0 Å². The standard InChI is InChI=1S/C14H15NO4/c16-14(17)10-5-6-15(13-4-2-8-19-13)11(9-10)12-3-1-7-18-12/h1-4,7-8,10-11H,5-6,9H2,(H,16,17). The second-order valence-corrected chi connectivity index (χ2v) is 4.74. The maximum atomic E-state index is 11.2. The fourth-order valence-electron chi connectivity index (χ4n) is 2.64. The Hall–Kier alpha value is -2.17. The second-order valence-electron chi connectivity index (χ2n) is 4.74. The summed E-state index contributed by atoms with van der Waals surface area (Å²) in [7, 11) is 0. The summed E-state index contributed by atoms with van der Waals surface area (Å²) in [5.41, 5.74) is 0. The van der Waals surface area contributed by atoms with Crippen molar-refractivity contribution in [3.05, 3.63) is 42.6 Å². The minimum Gasteiger partial charge on any atom is -0.481 e. The fourth-order valence-corrected chi connectivity index (χ4v) is 2.64. The minimum atomic E-state index is -0.740. The Balaban J connectivity index is 1.89. The van der Waals surface area contributed by atoms with E-state index < -0.39 is 5.97 Å². The maximum absolute atomic E-state index is 11.2. The lowest BCUT2D eigenvalue weighted by Crippen LogP contribution is -2.38. The Morgan fingerprint density at radius 2 is 2.05 bits per heavy atom. The maximum Gasteiger partial charge on any atom is 0.306 e. The number of piperidine rings is 1. The topological polar surface area (TPSA) is 66.8 Å². The molecule has 2 aromatic heterocycles. The molecule has 1 N–H and O–H groups in total. The number of nitrogens with zero attached hydrogens (tertiary/aromatic N) is 1. The molecule has 1 saturated heterocycles. The van der Waals surface area contributed by atoms with Crippen molar-refractivity contribution in [3.8, 4) is 0 Å². The van der Waals surface area contributed by atoms with Gasteiger partial charge in [0, 0.05) is 12.6 Å². The van der Waals surface area contributed by atoms with Crippen LogP contribution in [0.25, 0.3) is 0 Å². The number of hydrogen-bond acceptors (Lipinski definition) is 4. The molecule has 0 bridgehead atoms. The van der Waals surface area contributed by atoms with Crippen molar-refractivity contribution >= 4 is 11.9 Å². The summed E-state index contributed by atoms with van der Waals surface area (Å²) in [6.07, 6.45) is 4.38. The van der Waals surface area contributed by atoms with Gasteiger partial charge in [0.2, 0.25) is 0 Å². The lowest BCUT2D eigenvalue weighted by atomic mass is 9.89. The number of furan rings is 2. The van der Waals surface area contributed by atoms with Crippen LogP contribution < -0.4 is 4.90 Å². The normalized spacial score (nSPS) is 23.5. The highest BCUT2D eigenvalue weighted by Gasteiger charge is 2.35. The van der Waals surface area contributed by atoms with E-state index in [1.165, 1.54) is 0 Å². The van der Waals surface area contributed by atoms with Crippen LogP contribution >= 0.6 is 0 Å². The number of carboxylic acids is 1. The molecule has 0 aliphatic carbocycles. The molecule has 0 radical (unpaired) electrons. The molecule has 100 valence electrons. The Bertz CT molecular complexity index is 532. The van der Waals surface area contributed by atoms with Crippen LogP contribution in [0.2, 0.25) is 0 Å². The predicted octanol–water partition coefficient (Wildman–Crippen LogP) is 2.91. The van der Waals surface area contributed by atoms with Crippen molar-refractivity contribution < 1.29 is 18.7 Å². The van der Waals surface area contributed by atoms with Gasteiger partial charge in [-0.05, 0) is 31.0 Å². The van der Waals surface area contributed by atoms with Gasteiger partial charge in [-0.15, -0.1) is 0 Å². The first-order valence-corrected chi connectivity index (χ1v) is 6.32. The summed E-state index contributed by atoms with van der Waals surface area (Å²) >= 11 is 0. The van der Waals surface area contributed by atoms with Gasteiger partial charge < -0.3 is 18.8 Å². The predicted molar refractivity (Wildman–Crippen MR) is 67.9 cm³/mol. The molecule has 5 heteroatoms. The molecule has 2 atom stereocenters. The Morgan fingerprint density at radius 3 is 2.68 bits per heavy atom. The fraction of sp³-hybridized carbons (Fsp3) is 0.357. The van der Waals surface area contributed by atoms with Crippen LogP contribution in [0.5, 0.6) is 0 Å². The van der Waals surface area contributed by atoms with Gasteiger partial charge in [-0.3, -0.25) is 4.79 Å². The van der Waals surface area contributed by atoms with Crippen molar-refractivity contribution in [2.45, 2.75) is 18.9 Å². The molecule has 1 fully saturated rings. The van der Waals surface area contributed by atoms with Crippen molar-refractivity contribution in [2.75, 3.05) is 11.4 Å². The second kappa shape index (κ2) is 4.84. The molecule has 1 aliphatic rings. The van der Waals surface area contributed by atoms with Gasteiger partial charge in [0.15, 0.2) is 5.88 Å². The zero-order valence-electron chi connectivity index (χ0n) is 10.4. The third kappa shape index (κ3) is 2.23. The van der Waals surface area contributed by atoms with E-state index in [0.29, 0.717) is 19.4 Å². The molecule has 0 spiro atoms. The van der Waals surface area contributed by atoms with Gasteiger partial charge in [-0.25, -0.2) is 0 Å². The number of anilines is 1. The Kier molecular flexibility index (Phi) is 3.03. The molecule has 0 saturated carbocycles. The highest BCUT2D eigenvalue weighted by atomic mass is 16.4. The molecule has 0 amide bonds. The molecule has 5 nitrogen and oxygen atoms in total. The number of aliphatic carboxylic acids is 1. The van der Waals surface area contributed by atoms with Gasteiger partial charge in [0.25, 0.3) is 0 Å². The largest absolute Gasteiger partial charge is 0.481 e. The third-order valence-corrected chi connectivity index (χ3v) is 3.61. The lowest BCUT2D eigenvalue weighted by molar-refractivity contribution is -0.142. The van der Waals surface area contributed by atoms with E-state index in [-0.39, 0.29) is 12.0 Å². The smallest absolute Gasteiger partial charge is 0.306 e. The van der Waals surface area contributed by atoms with E-state index in [9.17, 15) is 9.90 Å². The molecular formula is C14H15NO4. The highest BCUT2D eigenvalue weighted by molar-refractivity contribution is 5.70. The molecule has 1 aliphatic heterocycles. The van der Waals surface area contributed by atoms with Crippen LogP contribution in [-0.4, -0.2) is 17.6 Å². The van der Waals surface area contributed by atoms with Gasteiger partial charge >= 0.3 is 5.97 Å². The van der Waals surface area contributed by atoms with E-state index in [1.807, 2.05) is 24.3 Å². The van der Waals surface area contributed by atoms with Crippen LogP contribution in [0, 0.1) is 5.92 Å². The first-order chi connectivity index (χ1) is 9.25. The van der Waals surface area contributed by atoms with Crippen molar-refractivity contribution in [2.24, 2.45) is 5.92 Å². The number of carbonyl (C=O) groups is 1. The number of carboxylic acid groups (broad SMARTS) is 1.